The van der Waals surface area contributed by atoms with E-state index < -0.39 is 17.9 Å². The van der Waals surface area contributed by atoms with Crippen LogP contribution in [0.4, 0.5) is 19.0 Å². The van der Waals surface area contributed by atoms with Crippen LogP contribution < -0.4 is 11.5 Å². The van der Waals surface area contributed by atoms with Gasteiger partial charge in [-0.3, -0.25) is 0 Å². The fraction of sp³-hybridized carbons (Fsp3) is 0.286. The van der Waals surface area contributed by atoms with Gasteiger partial charge in [-0.1, -0.05) is 0 Å². The summed E-state index contributed by atoms with van der Waals surface area (Å²) in [5.74, 6) is -1.30. The number of halogens is 3. The molecule has 13 heavy (non-hydrogen) atoms. The van der Waals surface area contributed by atoms with Crippen LogP contribution in [0.2, 0.25) is 0 Å². The minimum atomic E-state index is -2.79. The van der Waals surface area contributed by atoms with Crippen LogP contribution in [0.1, 0.15) is 17.6 Å². The van der Waals surface area contributed by atoms with E-state index in [-0.39, 0.29) is 17.9 Å². The number of nitrogens with zero attached hydrogens (tertiary/aromatic N) is 1. The molecule has 0 radical (unpaired) electrons. The maximum absolute atomic E-state index is 12.5. The largest absolute Gasteiger partial charge is 0.383 e. The smallest absolute Gasteiger partial charge is 0.264 e. The van der Waals surface area contributed by atoms with Crippen LogP contribution in [-0.2, 0) is 6.54 Å². The summed E-state index contributed by atoms with van der Waals surface area (Å²) < 4.78 is 37.1. The number of hydrogen-bond donors (Lipinski definition) is 2. The van der Waals surface area contributed by atoms with E-state index in [1.165, 1.54) is 0 Å². The quantitative estimate of drug-likeness (QED) is 0.690. The van der Waals surface area contributed by atoms with Crippen molar-refractivity contribution in [2.75, 3.05) is 5.73 Å². The number of nitrogen functional groups attached to an aromatic ring is 1. The zero-order valence-electron chi connectivity index (χ0n) is 6.60. The van der Waals surface area contributed by atoms with Crippen molar-refractivity contribution in [2.24, 2.45) is 5.73 Å². The fourth-order valence-electron chi connectivity index (χ4n) is 0.995. The summed E-state index contributed by atoms with van der Waals surface area (Å²) in [7, 11) is 0. The molecule has 0 spiro atoms. The molecule has 0 fully saturated rings. The lowest BCUT2D eigenvalue weighted by molar-refractivity contribution is 0.149. The van der Waals surface area contributed by atoms with Crippen molar-refractivity contribution in [3.63, 3.8) is 0 Å². The lowest BCUT2D eigenvalue weighted by Gasteiger charge is -2.08. The highest BCUT2D eigenvalue weighted by atomic mass is 19.3. The average molecular weight is 191 g/mol. The highest BCUT2D eigenvalue weighted by Crippen LogP contribution is 2.25. The molecule has 0 saturated carbocycles. The monoisotopic (exact) mass is 191 g/mol. The molecule has 0 aliphatic heterocycles. The number of aromatic nitrogens is 1. The molecular formula is C7H8F3N3. The summed E-state index contributed by atoms with van der Waals surface area (Å²) in [6, 6.07) is 0.642. The summed E-state index contributed by atoms with van der Waals surface area (Å²) in [6.07, 6.45) is -2.79. The van der Waals surface area contributed by atoms with Crippen molar-refractivity contribution in [1.29, 1.82) is 0 Å². The molecule has 1 aromatic rings. The highest BCUT2D eigenvalue weighted by molar-refractivity contribution is 5.45. The van der Waals surface area contributed by atoms with Crippen molar-refractivity contribution < 1.29 is 13.2 Å². The number of hydrogen-bond acceptors (Lipinski definition) is 3. The van der Waals surface area contributed by atoms with Crippen molar-refractivity contribution in [3.05, 3.63) is 23.1 Å². The second kappa shape index (κ2) is 3.61. The van der Waals surface area contributed by atoms with Gasteiger partial charge >= 0.3 is 0 Å². The number of nitrogens with two attached hydrogens (primary N) is 2. The lowest BCUT2D eigenvalue weighted by atomic mass is 10.1. The average Bonchev–Trinajstić information content (AvgIpc) is 2.02. The Morgan fingerprint density at radius 2 is 2.08 bits per heavy atom. The number of anilines is 1. The topological polar surface area (TPSA) is 64.9 Å². The second-order valence-electron chi connectivity index (χ2n) is 2.40. The van der Waals surface area contributed by atoms with E-state index in [0.717, 1.165) is 0 Å². The highest BCUT2D eigenvalue weighted by Gasteiger charge is 2.16. The molecule has 0 aliphatic rings. The molecule has 0 bridgehead atoms. The van der Waals surface area contributed by atoms with Gasteiger partial charge in [-0.2, -0.15) is 4.39 Å². The summed E-state index contributed by atoms with van der Waals surface area (Å²) in [6.45, 7) is -0.182. The Labute approximate surface area is 72.6 Å². The zero-order chi connectivity index (χ0) is 10.0. The maximum Gasteiger partial charge on any atom is 0.264 e. The van der Waals surface area contributed by atoms with E-state index >= 15 is 0 Å². The van der Waals surface area contributed by atoms with Crippen LogP contribution in [0.5, 0.6) is 0 Å². The molecule has 3 nitrogen and oxygen atoms in total. The van der Waals surface area contributed by atoms with Gasteiger partial charge in [0, 0.05) is 23.7 Å². The van der Waals surface area contributed by atoms with Crippen LogP contribution in [0.3, 0.4) is 0 Å². The Hall–Kier alpha value is -1.30. The first-order valence-corrected chi connectivity index (χ1v) is 3.49. The maximum atomic E-state index is 12.5. The van der Waals surface area contributed by atoms with E-state index in [2.05, 4.69) is 4.98 Å². The van der Waals surface area contributed by atoms with Crippen molar-refractivity contribution in [1.82, 2.24) is 4.98 Å². The lowest BCUT2D eigenvalue weighted by Crippen LogP contribution is -2.09. The molecule has 0 aliphatic carbocycles. The summed E-state index contributed by atoms with van der Waals surface area (Å²) in [5.41, 5.74) is 9.87. The molecule has 0 atom stereocenters. The first kappa shape index (κ1) is 9.79. The van der Waals surface area contributed by atoms with E-state index in [1.54, 1.807) is 0 Å². The van der Waals surface area contributed by atoms with Gasteiger partial charge in [0.2, 0.25) is 5.95 Å². The van der Waals surface area contributed by atoms with Crippen LogP contribution >= 0.6 is 0 Å². The van der Waals surface area contributed by atoms with Gasteiger partial charge in [0.25, 0.3) is 6.43 Å². The Kier molecular flexibility index (Phi) is 2.72. The van der Waals surface area contributed by atoms with Crippen LogP contribution in [0.25, 0.3) is 0 Å². The number of alkyl halides is 2. The third-order valence-corrected chi connectivity index (χ3v) is 1.60. The summed E-state index contributed by atoms with van der Waals surface area (Å²) in [5, 5.41) is 0. The fourth-order valence-corrected chi connectivity index (χ4v) is 0.995. The van der Waals surface area contributed by atoms with Gasteiger partial charge < -0.3 is 11.5 Å². The van der Waals surface area contributed by atoms with Gasteiger partial charge in [0.1, 0.15) is 5.82 Å². The van der Waals surface area contributed by atoms with Crippen molar-refractivity contribution in [2.45, 2.75) is 13.0 Å². The standard InChI is InChI=1S/C7H8F3N3/c8-5-1-3(6(9)10)4(2-11)7(12)13-5/h1,6H,2,11H2,(H2,12,13). The van der Waals surface area contributed by atoms with Gasteiger partial charge in [-0.15, -0.1) is 0 Å². The molecule has 72 valence electrons. The van der Waals surface area contributed by atoms with E-state index in [1.807, 2.05) is 0 Å². The molecule has 1 aromatic heterocycles. The molecule has 1 rings (SSSR count). The van der Waals surface area contributed by atoms with Crippen molar-refractivity contribution >= 4 is 5.82 Å². The van der Waals surface area contributed by atoms with Gasteiger partial charge in [0.15, 0.2) is 0 Å². The Morgan fingerprint density at radius 1 is 1.46 bits per heavy atom. The SMILES string of the molecule is NCc1c(C(F)F)cc(F)nc1N. The predicted octanol–water partition coefficient (Wildman–Crippen LogP) is 1.20. The minimum Gasteiger partial charge on any atom is -0.383 e. The van der Waals surface area contributed by atoms with E-state index in [0.29, 0.717) is 6.07 Å². The van der Waals surface area contributed by atoms with Crippen molar-refractivity contribution in [3.8, 4) is 0 Å². The summed E-state index contributed by atoms with van der Waals surface area (Å²) in [4.78, 5) is 3.19. The number of pyridine rings is 1. The molecule has 0 amide bonds. The molecule has 0 aromatic carbocycles. The summed E-state index contributed by atoms with van der Waals surface area (Å²) >= 11 is 0. The molecule has 0 saturated heterocycles. The minimum absolute atomic E-state index is 0.00333. The Balaban J connectivity index is 3.29. The second-order valence-corrected chi connectivity index (χ2v) is 2.40. The van der Waals surface area contributed by atoms with Crippen LogP contribution in [0.15, 0.2) is 6.07 Å². The van der Waals surface area contributed by atoms with E-state index in [4.69, 9.17) is 11.5 Å². The molecular weight excluding hydrogens is 183 g/mol. The first-order chi connectivity index (χ1) is 6.06. The van der Waals surface area contributed by atoms with Crippen LogP contribution in [-0.4, -0.2) is 4.98 Å². The molecule has 0 unspecified atom stereocenters. The Morgan fingerprint density at radius 3 is 2.54 bits per heavy atom. The zero-order valence-corrected chi connectivity index (χ0v) is 6.60. The predicted molar refractivity (Wildman–Crippen MR) is 41.5 cm³/mol. The van der Waals surface area contributed by atoms with Gasteiger partial charge in [-0.05, 0) is 0 Å². The third-order valence-electron chi connectivity index (χ3n) is 1.60. The van der Waals surface area contributed by atoms with Crippen LogP contribution in [0, 0.1) is 5.95 Å². The number of rotatable bonds is 2. The van der Waals surface area contributed by atoms with E-state index in [9.17, 15) is 13.2 Å². The molecule has 4 N–H and O–H groups in total. The van der Waals surface area contributed by atoms with Gasteiger partial charge in [-0.25, -0.2) is 13.8 Å². The molecule has 6 heteroatoms. The Bertz CT molecular complexity index is 314. The third kappa shape index (κ3) is 1.89. The molecule has 1 heterocycles. The normalized spacial score (nSPS) is 10.8. The van der Waals surface area contributed by atoms with Gasteiger partial charge in [0.05, 0.1) is 0 Å². The first-order valence-electron chi connectivity index (χ1n) is 3.49.